The highest BCUT2D eigenvalue weighted by atomic mass is 16.5. The molecule has 1 aliphatic heterocycles. The van der Waals surface area contributed by atoms with E-state index in [0.717, 1.165) is 31.7 Å². The molecule has 1 saturated heterocycles. The minimum absolute atomic E-state index is 0.305. The lowest BCUT2D eigenvalue weighted by Gasteiger charge is -2.33. The molecule has 104 valence electrons. The van der Waals surface area contributed by atoms with Crippen LogP contribution in [-0.4, -0.2) is 37.2 Å². The van der Waals surface area contributed by atoms with Gasteiger partial charge in [0.25, 0.3) is 0 Å². The van der Waals surface area contributed by atoms with E-state index in [0.29, 0.717) is 24.6 Å². The zero-order chi connectivity index (χ0) is 13.7. The highest BCUT2D eigenvalue weighted by molar-refractivity contribution is 5.94. The second-order valence-electron chi connectivity index (χ2n) is 4.79. The predicted octanol–water partition coefficient (Wildman–Crippen LogP) is 1.43. The van der Waals surface area contributed by atoms with Crippen LogP contribution >= 0.6 is 0 Å². The summed E-state index contributed by atoms with van der Waals surface area (Å²) in [7, 11) is 0. The highest BCUT2D eigenvalue weighted by Gasteiger charge is 2.24. The molecule has 0 amide bonds. The van der Waals surface area contributed by atoms with E-state index in [1.807, 2.05) is 0 Å². The maximum absolute atomic E-state index is 11.9. The van der Waals surface area contributed by atoms with Crippen molar-refractivity contribution in [2.24, 2.45) is 11.7 Å². The normalized spacial score (nSPS) is 19.3. The molecular weight excluding hydrogens is 242 g/mol. The summed E-state index contributed by atoms with van der Waals surface area (Å²) >= 11 is 0. The smallest absolute Gasteiger partial charge is 0.341 e. The first-order valence-electron chi connectivity index (χ1n) is 6.83. The molecule has 5 heteroatoms. The van der Waals surface area contributed by atoms with E-state index >= 15 is 0 Å². The van der Waals surface area contributed by atoms with E-state index in [-0.39, 0.29) is 5.97 Å². The lowest BCUT2D eigenvalue weighted by atomic mass is 9.98. The third kappa shape index (κ3) is 3.23. The van der Waals surface area contributed by atoms with Crippen molar-refractivity contribution in [1.82, 2.24) is 4.98 Å². The Labute approximate surface area is 113 Å². The number of ether oxygens (including phenoxy) is 1. The lowest BCUT2D eigenvalue weighted by Crippen LogP contribution is -2.39. The Balaban J connectivity index is 2.21. The molecule has 1 fully saturated rings. The fourth-order valence-corrected chi connectivity index (χ4v) is 2.47. The molecule has 5 nitrogen and oxygen atoms in total. The monoisotopic (exact) mass is 263 g/mol. The van der Waals surface area contributed by atoms with E-state index in [2.05, 4.69) is 9.88 Å². The first-order valence-corrected chi connectivity index (χ1v) is 6.83. The molecule has 1 aromatic heterocycles. The average molecular weight is 263 g/mol. The maximum Gasteiger partial charge on any atom is 0.341 e. The molecule has 1 aliphatic rings. The van der Waals surface area contributed by atoms with Gasteiger partial charge in [-0.25, -0.2) is 9.78 Å². The molecule has 0 radical (unpaired) electrons. The number of carbonyl (C=O) groups is 1. The van der Waals surface area contributed by atoms with Gasteiger partial charge in [-0.15, -0.1) is 0 Å². The van der Waals surface area contributed by atoms with E-state index in [9.17, 15) is 4.79 Å². The molecule has 1 unspecified atom stereocenters. The minimum Gasteiger partial charge on any atom is -0.462 e. The molecule has 2 heterocycles. The number of carbonyl (C=O) groups excluding carboxylic acids is 1. The minimum atomic E-state index is -0.305. The largest absolute Gasteiger partial charge is 0.462 e. The van der Waals surface area contributed by atoms with Crippen molar-refractivity contribution in [3.8, 4) is 0 Å². The van der Waals surface area contributed by atoms with Gasteiger partial charge in [-0.1, -0.05) is 0 Å². The summed E-state index contributed by atoms with van der Waals surface area (Å²) in [5.41, 5.74) is 6.29. The molecule has 0 spiro atoms. The van der Waals surface area contributed by atoms with E-state index in [4.69, 9.17) is 10.5 Å². The first-order chi connectivity index (χ1) is 9.26. The van der Waals surface area contributed by atoms with Gasteiger partial charge in [0.2, 0.25) is 0 Å². The Hall–Kier alpha value is -1.62. The summed E-state index contributed by atoms with van der Waals surface area (Å²) in [5.74, 6) is 0.894. The number of anilines is 1. The summed E-state index contributed by atoms with van der Waals surface area (Å²) in [6.45, 7) is 4.63. The number of hydrogen-bond donors (Lipinski definition) is 1. The number of aromatic nitrogens is 1. The van der Waals surface area contributed by atoms with Gasteiger partial charge in [-0.2, -0.15) is 0 Å². The summed E-state index contributed by atoms with van der Waals surface area (Å²) < 4.78 is 5.08. The van der Waals surface area contributed by atoms with Crippen LogP contribution in [0.5, 0.6) is 0 Å². The number of rotatable bonds is 4. The molecule has 1 aromatic rings. The summed E-state index contributed by atoms with van der Waals surface area (Å²) in [6, 6.07) is 3.53. The Morgan fingerprint density at radius 1 is 1.63 bits per heavy atom. The van der Waals surface area contributed by atoms with Crippen molar-refractivity contribution in [2.45, 2.75) is 19.8 Å². The lowest BCUT2D eigenvalue weighted by molar-refractivity contribution is 0.0526. The third-order valence-electron chi connectivity index (χ3n) is 3.43. The number of nitrogens with zero attached hydrogens (tertiary/aromatic N) is 2. The Morgan fingerprint density at radius 3 is 3.21 bits per heavy atom. The van der Waals surface area contributed by atoms with Crippen LogP contribution in [-0.2, 0) is 4.74 Å². The molecular formula is C14H21N3O2. The van der Waals surface area contributed by atoms with Crippen molar-refractivity contribution in [2.75, 3.05) is 31.1 Å². The number of esters is 1. The van der Waals surface area contributed by atoms with Crippen LogP contribution in [0.4, 0.5) is 5.82 Å². The first kappa shape index (κ1) is 13.8. The standard InChI is InChI=1S/C14H21N3O2/c1-2-19-14(18)12-6-3-7-16-13(12)17-8-4-5-11(9-15)10-17/h3,6-7,11H,2,4-5,8-10,15H2,1H3. The number of pyridine rings is 1. The second kappa shape index (κ2) is 6.52. The summed E-state index contributed by atoms with van der Waals surface area (Å²) in [5, 5.41) is 0. The van der Waals surface area contributed by atoms with Crippen molar-refractivity contribution in [3.05, 3.63) is 23.9 Å². The number of hydrogen-bond acceptors (Lipinski definition) is 5. The van der Waals surface area contributed by atoms with Gasteiger partial charge in [-0.05, 0) is 44.4 Å². The SMILES string of the molecule is CCOC(=O)c1cccnc1N1CCCC(CN)C1. The van der Waals surface area contributed by atoms with Crippen molar-refractivity contribution in [3.63, 3.8) is 0 Å². The zero-order valence-electron chi connectivity index (χ0n) is 11.3. The predicted molar refractivity (Wildman–Crippen MR) is 74.2 cm³/mol. The highest BCUT2D eigenvalue weighted by Crippen LogP contribution is 2.24. The van der Waals surface area contributed by atoms with Crippen LogP contribution in [0.3, 0.4) is 0 Å². The Morgan fingerprint density at radius 2 is 2.47 bits per heavy atom. The summed E-state index contributed by atoms with van der Waals surface area (Å²) in [6.07, 6.45) is 3.94. The Kier molecular flexibility index (Phi) is 4.74. The van der Waals surface area contributed by atoms with Gasteiger partial charge in [0, 0.05) is 19.3 Å². The van der Waals surface area contributed by atoms with Crippen molar-refractivity contribution >= 4 is 11.8 Å². The van der Waals surface area contributed by atoms with E-state index < -0.39 is 0 Å². The molecule has 0 aromatic carbocycles. The fraction of sp³-hybridized carbons (Fsp3) is 0.571. The second-order valence-corrected chi connectivity index (χ2v) is 4.79. The molecule has 1 atom stereocenters. The molecule has 0 bridgehead atoms. The number of piperidine rings is 1. The molecule has 19 heavy (non-hydrogen) atoms. The molecule has 2 rings (SSSR count). The van der Waals surface area contributed by atoms with Crippen LogP contribution in [0.25, 0.3) is 0 Å². The maximum atomic E-state index is 11.9. The van der Waals surface area contributed by atoms with Gasteiger partial charge in [0.15, 0.2) is 0 Å². The van der Waals surface area contributed by atoms with Crippen molar-refractivity contribution in [1.29, 1.82) is 0 Å². The molecule has 0 aliphatic carbocycles. The van der Waals surface area contributed by atoms with E-state index in [1.54, 1.807) is 25.3 Å². The van der Waals surface area contributed by atoms with Crippen molar-refractivity contribution < 1.29 is 9.53 Å². The molecule has 2 N–H and O–H groups in total. The van der Waals surface area contributed by atoms with Gasteiger partial charge < -0.3 is 15.4 Å². The summed E-state index contributed by atoms with van der Waals surface area (Å²) in [4.78, 5) is 18.5. The van der Waals surface area contributed by atoms with Crippen LogP contribution in [0.2, 0.25) is 0 Å². The fourth-order valence-electron chi connectivity index (χ4n) is 2.47. The van der Waals surface area contributed by atoms with Gasteiger partial charge >= 0.3 is 5.97 Å². The van der Waals surface area contributed by atoms with Crippen LogP contribution in [0.15, 0.2) is 18.3 Å². The third-order valence-corrected chi connectivity index (χ3v) is 3.43. The van der Waals surface area contributed by atoms with Crippen LogP contribution in [0.1, 0.15) is 30.1 Å². The quantitative estimate of drug-likeness (QED) is 0.832. The average Bonchev–Trinajstić information content (AvgIpc) is 2.47. The Bertz CT molecular complexity index is 436. The van der Waals surface area contributed by atoms with Gasteiger partial charge in [0.05, 0.1) is 6.61 Å². The zero-order valence-corrected chi connectivity index (χ0v) is 11.3. The number of nitrogens with two attached hydrogens (primary N) is 1. The van der Waals surface area contributed by atoms with E-state index in [1.165, 1.54) is 0 Å². The van der Waals surface area contributed by atoms with Gasteiger partial charge in [-0.3, -0.25) is 0 Å². The molecule has 0 saturated carbocycles. The van der Waals surface area contributed by atoms with Crippen LogP contribution < -0.4 is 10.6 Å². The van der Waals surface area contributed by atoms with Crippen LogP contribution in [0, 0.1) is 5.92 Å². The van der Waals surface area contributed by atoms with Gasteiger partial charge in [0.1, 0.15) is 11.4 Å². The topological polar surface area (TPSA) is 68.5 Å².